The van der Waals surface area contributed by atoms with E-state index >= 15 is 0 Å². The third-order valence-corrected chi connectivity index (χ3v) is 4.36. The quantitative estimate of drug-likeness (QED) is 0.599. The van der Waals surface area contributed by atoms with Crippen LogP contribution in [-0.4, -0.2) is 25.0 Å². The van der Waals surface area contributed by atoms with Crippen molar-refractivity contribution in [1.29, 1.82) is 0 Å². The van der Waals surface area contributed by atoms with Gasteiger partial charge in [-0.25, -0.2) is 4.39 Å². The smallest absolute Gasteiger partial charge is 0.262 e. The summed E-state index contributed by atoms with van der Waals surface area (Å²) in [6, 6.07) is 14.9. The van der Waals surface area contributed by atoms with Crippen molar-refractivity contribution in [2.45, 2.75) is 20.0 Å². The first-order valence-electron chi connectivity index (χ1n) is 8.82. The van der Waals surface area contributed by atoms with Crippen LogP contribution in [0.4, 0.5) is 4.39 Å². The zero-order valence-corrected chi connectivity index (χ0v) is 16.1. The molecule has 1 amide bonds. The van der Waals surface area contributed by atoms with Crippen LogP contribution >= 0.6 is 0 Å². The van der Waals surface area contributed by atoms with Crippen molar-refractivity contribution in [1.82, 2.24) is 4.90 Å². The molecule has 0 N–H and O–H groups in total. The Morgan fingerprint density at radius 2 is 1.61 bits per heavy atom. The van der Waals surface area contributed by atoms with E-state index in [1.807, 2.05) is 19.1 Å². The SMILES string of the molecule is COc1cccc(OC)c1C(=O)N(Cc1ccc(F)cc1)Cc1ccc(C)o1. The molecule has 6 heteroatoms. The minimum absolute atomic E-state index is 0.255. The standard InChI is InChI=1S/C22H22FNO4/c1-15-7-12-18(28-15)14-24(13-16-8-10-17(23)11-9-16)22(25)21-19(26-2)5-4-6-20(21)27-3/h4-12H,13-14H2,1-3H3. The minimum atomic E-state index is -0.324. The van der Waals surface area contributed by atoms with E-state index in [9.17, 15) is 9.18 Å². The summed E-state index contributed by atoms with van der Waals surface area (Å²) in [6.45, 7) is 2.38. The van der Waals surface area contributed by atoms with Gasteiger partial charge in [0.2, 0.25) is 0 Å². The van der Waals surface area contributed by atoms with Gasteiger partial charge in [0.25, 0.3) is 5.91 Å². The number of amides is 1. The third-order valence-electron chi connectivity index (χ3n) is 4.36. The molecule has 3 aromatic rings. The highest BCUT2D eigenvalue weighted by Gasteiger charge is 2.25. The van der Waals surface area contributed by atoms with Crippen molar-refractivity contribution in [3.63, 3.8) is 0 Å². The molecule has 1 aromatic heterocycles. The van der Waals surface area contributed by atoms with Crippen molar-refractivity contribution in [2.24, 2.45) is 0 Å². The first-order valence-corrected chi connectivity index (χ1v) is 8.82. The van der Waals surface area contributed by atoms with E-state index < -0.39 is 0 Å². The van der Waals surface area contributed by atoms with Gasteiger partial charge in [-0.2, -0.15) is 0 Å². The average molecular weight is 383 g/mol. The Labute approximate surface area is 163 Å². The molecule has 0 bridgehead atoms. The zero-order chi connectivity index (χ0) is 20.1. The highest BCUT2D eigenvalue weighted by molar-refractivity contribution is 5.99. The van der Waals surface area contributed by atoms with Crippen LogP contribution in [0.3, 0.4) is 0 Å². The average Bonchev–Trinajstić information content (AvgIpc) is 3.12. The Morgan fingerprint density at radius 3 is 2.14 bits per heavy atom. The van der Waals surface area contributed by atoms with Crippen molar-refractivity contribution >= 4 is 5.91 Å². The molecule has 0 atom stereocenters. The second-order valence-electron chi connectivity index (χ2n) is 6.34. The summed E-state index contributed by atoms with van der Waals surface area (Å²) < 4.78 is 29.7. The summed E-state index contributed by atoms with van der Waals surface area (Å²) in [5, 5.41) is 0. The predicted octanol–water partition coefficient (Wildman–Crippen LogP) is 4.59. The second-order valence-corrected chi connectivity index (χ2v) is 6.34. The highest BCUT2D eigenvalue weighted by atomic mass is 19.1. The van der Waals surface area contributed by atoms with Gasteiger partial charge in [-0.1, -0.05) is 18.2 Å². The molecule has 0 unspecified atom stereocenters. The van der Waals surface area contributed by atoms with Gasteiger partial charge < -0.3 is 18.8 Å². The summed E-state index contributed by atoms with van der Waals surface area (Å²) in [4.78, 5) is 15.1. The van der Waals surface area contributed by atoms with Gasteiger partial charge in [-0.3, -0.25) is 4.79 Å². The first kappa shape index (κ1) is 19.5. The van der Waals surface area contributed by atoms with Crippen molar-refractivity contribution in [3.8, 4) is 11.5 Å². The molecular formula is C22H22FNO4. The van der Waals surface area contributed by atoms with Crippen LogP contribution in [0.25, 0.3) is 0 Å². The number of ether oxygens (including phenoxy) is 2. The number of hydrogen-bond donors (Lipinski definition) is 0. The third kappa shape index (κ3) is 4.34. The molecule has 146 valence electrons. The number of methoxy groups -OCH3 is 2. The van der Waals surface area contributed by atoms with E-state index in [-0.39, 0.29) is 24.8 Å². The molecule has 0 spiro atoms. The number of aryl methyl sites for hydroxylation is 1. The van der Waals surface area contributed by atoms with Crippen LogP contribution < -0.4 is 9.47 Å². The van der Waals surface area contributed by atoms with E-state index in [2.05, 4.69) is 0 Å². The predicted molar refractivity (Wildman–Crippen MR) is 103 cm³/mol. The van der Waals surface area contributed by atoms with Gasteiger partial charge in [0.05, 0.1) is 20.8 Å². The number of nitrogens with zero attached hydrogens (tertiary/aromatic N) is 1. The van der Waals surface area contributed by atoms with Crippen LogP contribution in [0.15, 0.2) is 59.0 Å². The topological polar surface area (TPSA) is 51.9 Å². The number of carbonyl (C=O) groups is 1. The summed E-state index contributed by atoms with van der Waals surface area (Å²) in [6.07, 6.45) is 0. The lowest BCUT2D eigenvalue weighted by Gasteiger charge is -2.24. The lowest BCUT2D eigenvalue weighted by atomic mass is 10.1. The van der Waals surface area contributed by atoms with Crippen molar-refractivity contribution in [3.05, 3.63) is 83.1 Å². The summed E-state index contributed by atoms with van der Waals surface area (Å²) in [5.74, 6) is 1.66. The van der Waals surface area contributed by atoms with Crippen LogP contribution in [0.1, 0.15) is 27.4 Å². The lowest BCUT2D eigenvalue weighted by molar-refractivity contribution is 0.0710. The molecule has 0 saturated carbocycles. The van der Waals surface area contributed by atoms with E-state index in [1.165, 1.54) is 26.4 Å². The summed E-state index contributed by atoms with van der Waals surface area (Å²) >= 11 is 0. The number of carbonyl (C=O) groups excluding carboxylic acids is 1. The molecule has 28 heavy (non-hydrogen) atoms. The Balaban J connectivity index is 1.97. The normalized spacial score (nSPS) is 10.6. The Bertz CT molecular complexity index is 927. The lowest BCUT2D eigenvalue weighted by Crippen LogP contribution is -2.30. The van der Waals surface area contributed by atoms with Gasteiger partial charge in [0.1, 0.15) is 34.4 Å². The number of benzene rings is 2. The zero-order valence-electron chi connectivity index (χ0n) is 16.1. The molecule has 0 aliphatic heterocycles. The van der Waals surface area contributed by atoms with Gasteiger partial charge >= 0.3 is 0 Å². The van der Waals surface area contributed by atoms with Crippen molar-refractivity contribution < 1.29 is 23.1 Å². The molecule has 5 nitrogen and oxygen atoms in total. The molecule has 1 heterocycles. The van der Waals surface area contributed by atoms with Crippen molar-refractivity contribution in [2.75, 3.05) is 14.2 Å². The van der Waals surface area contributed by atoms with E-state index in [4.69, 9.17) is 13.9 Å². The molecule has 3 rings (SSSR count). The molecule has 0 saturated heterocycles. The summed E-state index contributed by atoms with van der Waals surface area (Å²) in [5.41, 5.74) is 1.13. The molecule has 0 aliphatic carbocycles. The molecule has 0 aliphatic rings. The summed E-state index contributed by atoms with van der Waals surface area (Å²) in [7, 11) is 3.01. The fourth-order valence-corrected chi connectivity index (χ4v) is 2.99. The minimum Gasteiger partial charge on any atom is -0.496 e. The van der Waals surface area contributed by atoms with Crippen LogP contribution in [0.2, 0.25) is 0 Å². The van der Waals surface area contributed by atoms with Gasteiger partial charge in [0.15, 0.2) is 0 Å². The van der Waals surface area contributed by atoms with Crippen LogP contribution in [0, 0.1) is 12.7 Å². The maximum Gasteiger partial charge on any atom is 0.262 e. The van der Waals surface area contributed by atoms with E-state index in [0.29, 0.717) is 22.8 Å². The van der Waals surface area contributed by atoms with Gasteiger partial charge in [-0.05, 0) is 48.9 Å². The largest absolute Gasteiger partial charge is 0.496 e. The fraction of sp³-hybridized carbons (Fsp3) is 0.227. The van der Waals surface area contributed by atoms with Crippen LogP contribution in [0.5, 0.6) is 11.5 Å². The molecular weight excluding hydrogens is 361 g/mol. The molecule has 0 fully saturated rings. The monoisotopic (exact) mass is 383 g/mol. The molecule has 0 radical (unpaired) electrons. The maximum atomic E-state index is 13.4. The number of halogens is 1. The Morgan fingerprint density at radius 1 is 0.964 bits per heavy atom. The number of furan rings is 1. The van der Waals surface area contributed by atoms with Gasteiger partial charge in [0, 0.05) is 6.54 Å². The Kier molecular flexibility index (Phi) is 5.99. The highest BCUT2D eigenvalue weighted by Crippen LogP contribution is 2.30. The van der Waals surface area contributed by atoms with E-state index in [1.54, 1.807) is 35.2 Å². The fourth-order valence-electron chi connectivity index (χ4n) is 2.99. The molecule has 2 aromatic carbocycles. The maximum absolute atomic E-state index is 13.4. The number of hydrogen-bond acceptors (Lipinski definition) is 4. The van der Waals surface area contributed by atoms with Crippen LogP contribution in [-0.2, 0) is 13.1 Å². The van der Waals surface area contributed by atoms with Gasteiger partial charge in [-0.15, -0.1) is 0 Å². The Hall–Kier alpha value is -3.28. The number of rotatable bonds is 7. The second kappa shape index (κ2) is 8.61. The first-order chi connectivity index (χ1) is 13.5. The van der Waals surface area contributed by atoms with E-state index in [0.717, 1.165) is 11.3 Å².